The molecule has 17 heavy (non-hydrogen) atoms. The number of hydrogen-bond donors (Lipinski definition) is 1. The molecule has 5 nitrogen and oxygen atoms in total. The summed E-state index contributed by atoms with van der Waals surface area (Å²) in [7, 11) is 0. The van der Waals surface area contributed by atoms with E-state index in [1.165, 1.54) is 0 Å². The third-order valence-electron chi connectivity index (χ3n) is 2.79. The van der Waals surface area contributed by atoms with Crippen LogP contribution in [0.5, 0.6) is 5.88 Å². The lowest BCUT2D eigenvalue weighted by atomic mass is 10.0. The average Bonchev–Trinajstić information content (AvgIpc) is 2.28. The molecule has 2 heterocycles. The summed E-state index contributed by atoms with van der Waals surface area (Å²) in [5, 5.41) is 3.48. The van der Waals surface area contributed by atoms with Crippen LogP contribution in [0.25, 0.3) is 0 Å². The summed E-state index contributed by atoms with van der Waals surface area (Å²) in [5.41, 5.74) is 0.113. The molecule has 0 radical (unpaired) electrons. The molecule has 0 aromatic carbocycles. The van der Waals surface area contributed by atoms with Gasteiger partial charge < -0.3 is 15.0 Å². The van der Waals surface area contributed by atoms with E-state index in [0.717, 1.165) is 25.5 Å². The van der Waals surface area contributed by atoms with Crippen molar-refractivity contribution in [3.8, 4) is 5.88 Å². The molecule has 1 fully saturated rings. The fraction of sp³-hybridized carbons (Fsp3) is 0.667. The third-order valence-corrected chi connectivity index (χ3v) is 2.79. The lowest BCUT2D eigenvalue weighted by Gasteiger charge is -2.39. The van der Waals surface area contributed by atoms with Crippen molar-refractivity contribution in [1.82, 2.24) is 15.3 Å². The molecule has 0 aliphatic carbocycles. The van der Waals surface area contributed by atoms with Crippen LogP contribution in [-0.2, 0) is 0 Å². The van der Waals surface area contributed by atoms with Crippen molar-refractivity contribution in [2.75, 3.05) is 31.1 Å². The maximum Gasteiger partial charge on any atom is 0.234 e. The first-order valence-corrected chi connectivity index (χ1v) is 6.05. The molecule has 0 saturated carbocycles. The van der Waals surface area contributed by atoms with E-state index >= 15 is 0 Å². The average molecular weight is 236 g/mol. The van der Waals surface area contributed by atoms with Crippen LogP contribution in [0.15, 0.2) is 12.4 Å². The van der Waals surface area contributed by atoms with Crippen LogP contribution in [0, 0.1) is 0 Å². The molecule has 0 spiro atoms. The second kappa shape index (κ2) is 4.87. The second-order valence-electron chi connectivity index (χ2n) is 4.88. The van der Waals surface area contributed by atoms with Gasteiger partial charge in [-0.25, -0.2) is 0 Å². The van der Waals surface area contributed by atoms with Gasteiger partial charge in [0.2, 0.25) is 5.88 Å². The minimum absolute atomic E-state index is 0.113. The van der Waals surface area contributed by atoms with Crippen LogP contribution in [0.1, 0.15) is 20.8 Å². The van der Waals surface area contributed by atoms with E-state index in [2.05, 4.69) is 34.0 Å². The normalized spacial score (nSPS) is 19.1. The van der Waals surface area contributed by atoms with Gasteiger partial charge in [0.25, 0.3) is 0 Å². The summed E-state index contributed by atoms with van der Waals surface area (Å²) in [6, 6.07) is 0. The molecule has 2 rings (SSSR count). The van der Waals surface area contributed by atoms with E-state index in [1.54, 1.807) is 12.4 Å². The van der Waals surface area contributed by atoms with Gasteiger partial charge in [-0.15, -0.1) is 0 Å². The van der Waals surface area contributed by atoms with Crippen molar-refractivity contribution in [2.24, 2.45) is 0 Å². The quantitative estimate of drug-likeness (QED) is 0.850. The van der Waals surface area contributed by atoms with Crippen molar-refractivity contribution in [2.45, 2.75) is 26.3 Å². The van der Waals surface area contributed by atoms with Crippen molar-refractivity contribution in [1.29, 1.82) is 0 Å². The van der Waals surface area contributed by atoms with Gasteiger partial charge in [0, 0.05) is 25.2 Å². The Morgan fingerprint density at radius 1 is 1.47 bits per heavy atom. The maximum atomic E-state index is 5.37. The van der Waals surface area contributed by atoms with Crippen LogP contribution < -0.4 is 15.0 Å². The van der Waals surface area contributed by atoms with Crippen LogP contribution in [0.4, 0.5) is 5.82 Å². The summed E-state index contributed by atoms with van der Waals surface area (Å²) < 4.78 is 5.37. The Hall–Kier alpha value is -1.36. The highest BCUT2D eigenvalue weighted by Gasteiger charge is 2.26. The molecule has 1 saturated heterocycles. The molecule has 1 aromatic rings. The van der Waals surface area contributed by atoms with Crippen LogP contribution in [-0.4, -0.2) is 41.7 Å². The molecule has 0 unspecified atom stereocenters. The lowest BCUT2D eigenvalue weighted by molar-refractivity contribution is 0.322. The summed E-state index contributed by atoms with van der Waals surface area (Å²) >= 11 is 0. The van der Waals surface area contributed by atoms with E-state index in [1.807, 2.05) is 6.92 Å². The van der Waals surface area contributed by atoms with Crippen LogP contribution in [0.3, 0.4) is 0 Å². The number of piperazine rings is 1. The highest BCUT2D eigenvalue weighted by molar-refractivity contribution is 5.39. The minimum Gasteiger partial charge on any atom is -0.477 e. The predicted molar refractivity (Wildman–Crippen MR) is 67.5 cm³/mol. The van der Waals surface area contributed by atoms with E-state index in [9.17, 15) is 0 Å². The Balaban J connectivity index is 2.13. The number of aromatic nitrogens is 2. The molecule has 1 N–H and O–H groups in total. The summed E-state index contributed by atoms with van der Waals surface area (Å²) in [5.74, 6) is 1.49. The van der Waals surface area contributed by atoms with Crippen molar-refractivity contribution < 1.29 is 4.74 Å². The first-order chi connectivity index (χ1) is 8.11. The molecule has 1 aliphatic heterocycles. The van der Waals surface area contributed by atoms with Gasteiger partial charge in [-0.05, 0) is 20.8 Å². The minimum atomic E-state index is 0.113. The zero-order valence-electron chi connectivity index (χ0n) is 10.7. The van der Waals surface area contributed by atoms with Crippen LogP contribution >= 0.6 is 0 Å². The largest absolute Gasteiger partial charge is 0.477 e. The van der Waals surface area contributed by atoms with E-state index in [0.29, 0.717) is 12.5 Å². The Kier molecular flexibility index (Phi) is 3.47. The monoisotopic (exact) mass is 236 g/mol. The smallest absolute Gasteiger partial charge is 0.234 e. The first kappa shape index (κ1) is 12.1. The molecule has 1 aliphatic rings. The summed E-state index contributed by atoms with van der Waals surface area (Å²) in [6.07, 6.45) is 3.45. The molecule has 0 bridgehead atoms. The molecule has 0 atom stereocenters. The fourth-order valence-electron chi connectivity index (χ4n) is 2.05. The predicted octanol–water partition coefficient (Wildman–Crippen LogP) is 1.06. The second-order valence-corrected chi connectivity index (χ2v) is 4.88. The van der Waals surface area contributed by atoms with Gasteiger partial charge in [-0.3, -0.25) is 4.98 Å². The number of hydrogen-bond acceptors (Lipinski definition) is 5. The molecule has 0 amide bonds. The van der Waals surface area contributed by atoms with Gasteiger partial charge in [-0.1, -0.05) is 0 Å². The maximum absolute atomic E-state index is 5.37. The third kappa shape index (κ3) is 3.06. The standard InChI is InChI=1S/C12H20N4O/c1-4-17-11-8-13-7-10(15-11)16-6-5-14-12(2,3)9-16/h7-8,14H,4-6,9H2,1-3H3. The van der Waals surface area contributed by atoms with Gasteiger partial charge in [0.15, 0.2) is 5.82 Å². The summed E-state index contributed by atoms with van der Waals surface area (Å²) in [4.78, 5) is 10.9. The van der Waals surface area contributed by atoms with Crippen molar-refractivity contribution in [3.63, 3.8) is 0 Å². The van der Waals surface area contributed by atoms with Gasteiger partial charge in [0.05, 0.1) is 19.0 Å². The Morgan fingerprint density at radius 2 is 2.29 bits per heavy atom. The van der Waals surface area contributed by atoms with E-state index < -0.39 is 0 Å². The zero-order valence-corrected chi connectivity index (χ0v) is 10.7. The number of rotatable bonds is 3. The zero-order chi connectivity index (χ0) is 12.3. The van der Waals surface area contributed by atoms with Crippen molar-refractivity contribution >= 4 is 5.82 Å². The topological polar surface area (TPSA) is 50.3 Å². The van der Waals surface area contributed by atoms with E-state index in [4.69, 9.17) is 4.74 Å². The number of nitrogens with zero attached hydrogens (tertiary/aromatic N) is 3. The molecule has 5 heteroatoms. The summed E-state index contributed by atoms with van der Waals surface area (Å²) in [6.45, 7) is 9.80. The molecule has 94 valence electrons. The van der Waals surface area contributed by atoms with Gasteiger partial charge in [0.1, 0.15) is 0 Å². The highest BCUT2D eigenvalue weighted by Crippen LogP contribution is 2.18. The Bertz CT molecular complexity index is 381. The molecular formula is C12H20N4O. The molecular weight excluding hydrogens is 216 g/mol. The van der Waals surface area contributed by atoms with Gasteiger partial charge in [-0.2, -0.15) is 4.98 Å². The number of ether oxygens (including phenoxy) is 1. The first-order valence-electron chi connectivity index (χ1n) is 6.05. The van der Waals surface area contributed by atoms with Crippen molar-refractivity contribution in [3.05, 3.63) is 12.4 Å². The fourth-order valence-corrected chi connectivity index (χ4v) is 2.05. The Morgan fingerprint density at radius 3 is 3.00 bits per heavy atom. The van der Waals surface area contributed by atoms with Crippen LogP contribution in [0.2, 0.25) is 0 Å². The number of anilines is 1. The molecule has 1 aromatic heterocycles. The SMILES string of the molecule is CCOc1cncc(N2CCNC(C)(C)C2)n1. The highest BCUT2D eigenvalue weighted by atomic mass is 16.5. The van der Waals surface area contributed by atoms with E-state index in [-0.39, 0.29) is 5.54 Å². The Labute approximate surface area is 102 Å². The number of nitrogens with one attached hydrogen (secondary N) is 1. The van der Waals surface area contributed by atoms with Gasteiger partial charge >= 0.3 is 0 Å². The lowest BCUT2D eigenvalue weighted by Crippen LogP contribution is -2.57.